The van der Waals surface area contributed by atoms with Crippen LogP contribution < -0.4 is 0 Å². The lowest BCUT2D eigenvalue weighted by Gasteiger charge is -2.20. The number of rotatable bonds is 8. The number of amides is 1. The maximum atomic E-state index is 14.2. The third-order valence-corrected chi connectivity index (χ3v) is 6.47. The standard InChI is InChI=1S/C20H21FN4OS2/c1-2-24(12-15-6-5-11-27-15)18(26)13-28-20-23-22-19(25(20)14-9-10-14)16-7-3-4-8-17(16)21/h3-8,11,14H,2,9-10,12-13H2,1H3. The molecule has 1 saturated carbocycles. The normalized spacial score (nSPS) is 13.6. The van der Waals surface area contributed by atoms with Gasteiger partial charge in [0.2, 0.25) is 5.91 Å². The summed E-state index contributed by atoms with van der Waals surface area (Å²) in [5.74, 6) is 0.596. The van der Waals surface area contributed by atoms with Gasteiger partial charge >= 0.3 is 0 Å². The first-order valence-electron chi connectivity index (χ1n) is 9.30. The van der Waals surface area contributed by atoms with Gasteiger partial charge < -0.3 is 4.90 Å². The minimum Gasteiger partial charge on any atom is -0.337 e. The summed E-state index contributed by atoms with van der Waals surface area (Å²) < 4.78 is 16.2. The molecule has 0 unspecified atom stereocenters. The van der Waals surface area contributed by atoms with Crippen LogP contribution in [0.2, 0.25) is 0 Å². The Labute approximate surface area is 171 Å². The summed E-state index contributed by atoms with van der Waals surface area (Å²) in [5, 5.41) is 11.2. The highest BCUT2D eigenvalue weighted by Crippen LogP contribution is 2.41. The van der Waals surface area contributed by atoms with Crippen molar-refractivity contribution >= 4 is 29.0 Å². The fourth-order valence-corrected chi connectivity index (χ4v) is 4.68. The first-order valence-corrected chi connectivity index (χ1v) is 11.2. The average Bonchev–Trinajstić information content (AvgIpc) is 3.24. The van der Waals surface area contributed by atoms with Crippen LogP contribution in [0.1, 0.15) is 30.7 Å². The molecule has 2 aromatic heterocycles. The summed E-state index contributed by atoms with van der Waals surface area (Å²) in [6.45, 7) is 3.27. The van der Waals surface area contributed by atoms with E-state index < -0.39 is 0 Å². The fraction of sp³-hybridized carbons (Fsp3) is 0.350. The number of thioether (sulfide) groups is 1. The molecule has 0 aliphatic heterocycles. The summed E-state index contributed by atoms with van der Waals surface area (Å²) in [4.78, 5) is 15.7. The van der Waals surface area contributed by atoms with Gasteiger partial charge in [-0.05, 0) is 43.3 Å². The van der Waals surface area contributed by atoms with Crippen LogP contribution in [0.25, 0.3) is 11.4 Å². The zero-order chi connectivity index (χ0) is 19.5. The van der Waals surface area contributed by atoms with E-state index in [0.717, 1.165) is 12.8 Å². The number of hydrogen-bond donors (Lipinski definition) is 0. The van der Waals surface area contributed by atoms with Gasteiger partial charge in [-0.3, -0.25) is 9.36 Å². The summed E-state index contributed by atoms with van der Waals surface area (Å²) in [7, 11) is 0. The van der Waals surface area contributed by atoms with E-state index in [2.05, 4.69) is 10.2 Å². The zero-order valence-corrected chi connectivity index (χ0v) is 17.2. The summed E-state index contributed by atoms with van der Waals surface area (Å²) >= 11 is 3.03. The highest BCUT2D eigenvalue weighted by Gasteiger charge is 2.31. The number of carbonyl (C=O) groups excluding carboxylic acids is 1. The zero-order valence-electron chi connectivity index (χ0n) is 15.5. The first kappa shape index (κ1) is 19.1. The van der Waals surface area contributed by atoms with E-state index in [9.17, 15) is 9.18 Å². The average molecular weight is 417 g/mol. The molecule has 5 nitrogen and oxygen atoms in total. The molecule has 146 valence electrons. The van der Waals surface area contributed by atoms with Crippen molar-refractivity contribution < 1.29 is 9.18 Å². The lowest BCUT2D eigenvalue weighted by atomic mass is 10.2. The van der Waals surface area contributed by atoms with Gasteiger partial charge in [-0.15, -0.1) is 21.5 Å². The molecule has 4 rings (SSSR count). The van der Waals surface area contributed by atoms with Gasteiger partial charge in [0.05, 0.1) is 17.9 Å². The lowest BCUT2D eigenvalue weighted by molar-refractivity contribution is -0.128. The van der Waals surface area contributed by atoms with Crippen LogP contribution in [0.5, 0.6) is 0 Å². The molecule has 0 N–H and O–H groups in total. The van der Waals surface area contributed by atoms with E-state index in [0.29, 0.717) is 35.4 Å². The van der Waals surface area contributed by atoms with Gasteiger partial charge in [0, 0.05) is 17.5 Å². The Kier molecular flexibility index (Phi) is 5.77. The maximum absolute atomic E-state index is 14.2. The van der Waals surface area contributed by atoms with Gasteiger partial charge in [0.15, 0.2) is 11.0 Å². The van der Waals surface area contributed by atoms with Crippen molar-refractivity contribution in [3.8, 4) is 11.4 Å². The Morgan fingerprint density at radius 3 is 2.79 bits per heavy atom. The van der Waals surface area contributed by atoms with Crippen molar-refractivity contribution in [2.24, 2.45) is 0 Å². The molecule has 0 spiro atoms. The Morgan fingerprint density at radius 2 is 2.11 bits per heavy atom. The first-order chi connectivity index (χ1) is 13.7. The molecule has 2 heterocycles. The number of halogens is 1. The van der Waals surface area contributed by atoms with E-state index in [1.165, 1.54) is 22.7 Å². The smallest absolute Gasteiger partial charge is 0.233 e. The van der Waals surface area contributed by atoms with E-state index in [-0.39, 0.29) is 17.8 Å². The molecule has 0 atom stereocenters. The Balaban J connectivity index is 1.49. The van der Waals surface area contributed by atoms with E-state index in [1.807, 2.05) is 33.9 Å². The molecule has 0 bridgehead atoms. The molecular weight excluding hydrogens is 395 g/mol. The summed E-state index contributed by atoms with van der Waals surface area (Å²) in [6.07, 6.45) is 2.06. The van der Waals surface area contributed by atoms with Crippen LogP contribution in [-0.2, 0) is 11.3 Å². The molecule has 1 aliphatic rings. The SMILES string of the molecule is CCN(Cc1cccs1)C(=O)CSc1nnc(-c2ccccc2F)n1C1CC1. The molecule has 1 amide bonds. The Morgan fingerprint density at radius 1 is 1.29 bits per heavy atom. The molecule has 3 aromatic rings. The molecular formula is C20H21FN4OS2. The van der Waals surface area contributed by atoms with E-state index in [4.69, 9.17) is 0 Å². The summed E-state index contributed by atoms with van der Waals surface area (Å²) in [5.41, 5.74) is 0.452. The minimum absolute atomic E-state index is 0.0682. The van der Waals surface area contributed by atoms with Crippen LogP contribution >= 0.6 is 23.1 Å². The minimum atomic E-state index is -0.308. The predicted molar refractivity (Wildman–Crippen MR) is 110 cm³/mol. The molecule has 0 radical (unpaired) electrons. The van der Waals surface area contributed by atoms with Crippen molar-refractivity contribution in [2.45, 2.75) is 37.5 Å². The second-order valence-corrected chi connectivity index (χ2v) is 8.64. The van der Waals surface area contributed by atoms with Crippen molar-refractivity contribution in [1.82, 2.24) is 19.7 Å². The van der Waals surface area contributed by atoms with E-state index in [1.54, 1.807) is 29.5 Å². The van der Waals surface area contributed by atoms with Crippen molar-refractivity contribution in [1.29, 1.82) is 0 Å². The predicted octanol–water partition coefficient (Wildman–Crippen LogP) is 4.62. The highest BCUT2D eigenvalue weighted by molar-refractivity contribution is 7.99. The number of thiophene rings is 1. The second-order valence-electron chi connectivity index (χ2n) is 6.66. The van der Waals surface area contributed by atoms with Gasteiger partial charge in [0.25, 0.3) is 0 Å². The number of carbonyl (C=O) groups is 1. The van der Waals surface area contributed by atoms with Crippen LogP contribution in [0.3, 0.4) is 0 Å². The molecule has 0 saturated heterocycles. The van der Waals surface area contributed by atoms with Crippen LogP contribution in [0.15, 0.2) is 46.9 Å². The Bertz CT molecular complexity index is 953. The van der Waals surface area contributed by atoms with E-state index >= 15 is 0 Å². The number of nitrogens with zero attached hydrogens (tertiary/aromatic N) is 4. The lowest BCUT2D eigenvalue weighted by Crippen LogP contribution is -2.31. The second kappa shape index (κ2) is 8.45. The van der Waals surface area contributed by atoms with Gasteiger partial charge in [-0.25, -0.2) is 4.39 Å². The van der Waals surface area contributed by atoms with Crippen molar-refractivity contribution in [2.75, 3.05) is 12.3 Å². The third kappa shape index (κ3) is 4.12. The summed E-state index contributed by atoms with van der Waals surface area (Å²) in [6, 6.07) is 10.9. The highest BCUT2D eigenvalue weighted by atomic mass is 32.2. The Hall–Kier alpha value is -2.19. The number of benzene rings is 1. The molecule has 8 heteroatoms. The molecule has 1 aliphatic carbocycles. The van der Waals surface area contributed by atoms with Gasteiger partial charge in [-0.2, -0.15) is 0 Å². The fourth-order valence-electron chi connectivity index (χ4n) is 3.05. The third-order valence-electron chi connectivity index (χ3n) is 4.68. The molecule has 28 heavy (non-hydrogen) atoms. The number of aromatic nitrogens is 3. The molecule has 1 aromatic carbocycles. The topological polar surface area (TPSA) is 51.0 Å². The van der Waals surface area contributed by atoms with Crippen molar-refractivity contribution in [3.63, 3.8) is 0 Å². The molecule has 1 fully saturated rings. The monoisotopic (exact) mass is 416 g/mol. The van der Waals surface area contributed by atoms with Crippen LogP contribution in [-0.4, -0.2) is 37.9 Å². The maximum Gasteiger partial charge on any atom is 0.233 e. The number of hydrogen-bond acceptors (Lipinski definition) is 5. The van der Waals surface area contributed by atoms with Gasteiger partial charge in [-0.1, -0.05) is 30.0 Å². The van der Waals surface area contributed by atoms with Crippen molar-refractivity contribution in [3.05, 3.63) is 52.5 Å². The van der Waals surface area contributed by atoms with Gasteiger partial charge in [0.1, 0.15) is 5.82 Å². The van der Waals surface area contributed by atoms with Crippen LogP contribution in [0.4, 0.5) is 4.39 Å². The van der Waals surface area contributed by atoms with Crippen LogP contribution in [0, 0.1) is 5.82 Å². The largest absolute Gasteiger partial charge is 0.337 e. The quantitative estimate of drug-likeness (QED) is 0.503.